The topological polar surface area (TPSA) is 13.1 Å². The van der Waals surface area contributed by atoms with E-state index in [2.05, 4.69) is 238 Å². The molecule has 0 aliphatic rings. The van der Waals surface area contributed by atoms with E-state index < -0.39 is 0 Å². The summed E-state index contributed by atoms with van der Waals surface area (Å²) in [5.41, 5.74) is 15.1. The Morgan fingerprint density at radius 1 is 0.246 bits per heavy atom. The van der Waals surface area contributed by atoms with E-state index in [4.69, 9.17) is 0 Å². The molecule has 0 saturated carbocycles. The molecule has 0 amide bonds. The Labute approximate surface area is 331 Å². The van der Waals surface area contributed by atoms with Crippen LogP contribution in [0.2, 0.25) is 0 Å². The Morgan fingerprint density at radius 2 is 0.579 bits per heavy atom. The summed E-state index contributed by atoms with van der Waals surface area (Å²) >= 11 is 0. The first-order chi connectivity index (χ1) is 28.3. The maximum Gasteiger partial charge on any atom is 0.0561 e. The summed E-state index contributed by atoms with van der Waals surface area (Å²) < 4.78 is 4.82. The van der Waals surface area contributed by atoms with Crippen LogP contribution >= 0.6 is 0 Å². The number of anilines is 3. The van der Waals surface area contributed by atoms with Gasteiger partial charge in [-0.15, -0.1) is 0 Å². The minimum Gasteiger partial charge on any atom is -0.311 e. The van der Waals surface area contributed by atoms with E-state index >= 15 is 0 Å². The zero-order valence-corrected chi connectivity index (χ0v) is 31.2. The molecule has 3 nitrogen and oxygen atoms in total. The lowest BCUT2D eigenvalue weighted by molar-refractivity contribution is 1.15. The fraction of sp³-hybridized carbons (Fsp3) is 0. The molecule has 0 fully saturated rings. The quantitative estimate of drug-likeness (QED) is 0.159. The van der Waals surface area contributed by atoms with Gasteiger partial charge in [0.2, 0.25) is 0 Å². The second-order valence-corrected chi connectivity index (χ2v) is 14.6. The second-order valence-electron chi connectivity index (χ2n) is 14.6. The van der Waals surface area contributed by atoms with Gasteiger partial charge in [0.05, 0.1) is 22.1 Å². The molecule has 0 atom stereocenters. The van der Waals surface area contributed by atoms with Crippen LogP contribution in [0.4, 0.5) is 17.1 Å². The van der Waals surface area contributed by atoms with Gasteiger partial charge in [-0.25, -0.2) is 0 Å². The highest BCUT2D eigenvalue weighted by Gasteiger charge is 2.18. The zero-order chi connectivity index (χ0) is 37.7. The molecule has 0 spiro atoms. The van der Waals surface area contributed by atoms with Crippen LogP contribution in [0, 0.1) is 0 Å². The minimum atomic E-state index is 1.09. The lowest BCUT2D eigenvalue weighted by atomic mass is 10.0. The number of aromatic nitrogens is 2. The average molecular weight is 728 g/mol. The van der Waals surface area contributed by atoms with E-state index in [9.17, 15) is 0 Å². The summed E-state index contributed by atoms with van der Waals surface area (Å²) in [5.74, 6) is 0. The minimum absolute atomic E-state index is 1.09. The monoisotopic (exact) mass is 727 g/mol. The van der Waals surface area contributed by atoms with Gasteiger partial charge in [-0.1, -0.05) is 146 Å². The molecule has 0 N–H and O–H groups in total. The number of nitrogens with zero attached hydrogens (tertiary/aromatic N) is 3. The predicted molar refractivity (Wildman–Crippen MR) is 241 cm³/mol. The first-order valence-electron chi connectivity index (χ1n) is 19.5. The predicted octanol–water partition coefficient (Wildman–Crippen LogP) is 14.7. The van der Waals surface area contributed by atoms with E-state index in [0.717, 1.165) is 28.4 Å². The Kier molecular flexibility index (Phi) is 7.82. The number of rotatable bonds is 7. The standard InChI is InChI=1S/C54H37N3/c1-3-13-38(14-4-1)40-23-27-42(28-24-40)55(43-29-25-41(26-30-43)39-15-5-2-6-16-39)44-31-33-45(34-32-44)56-51-20-10-9-19-49(51)50-36-35-46(37-54(50)56)57-52-21-11-7-17-47(52)48-18-8-12-22-53(48)57/h1-37H. The van der Waals surface area contributed by atoms with Gasteiger partial charge >= 0.3 is 0 Å². The summed E-state index contributed by atoms with van der Waals surface area (Å²) in [4.78, 5) is 2.35. The van der Waals surface area contributed by atoms with Crippen molar-refractivity contribution in [2.45, 2.75) is 0 Å². The number of fused-ring (bicyclic) bond motifs is 6. The third-order valence-electron chi connectivity index (χ3n) is 11.3. The molecule has 0 radical (unpaired) electrons. The molecular formula is C54H37N3. The molecule has 57 heavy (non-hydrogen) atoms. The van der Waals surface area contributed by atoms with Crippen LogP contribution in [0.3, 0.4) is 0 Å². The fourth-order valence-corrected chi connectivity index (χ4v) is 8.64. The van der Waals surface area contributed by atoms with Gasteiger partial charge in [0, 0.05) is 50.0 Å². The van der Waals surface area contributed by atoms with Crippen molar-refractivity contribution in [3.8, 4) is 33.6 Å². The first-order valence-corrected chi connectivity index (χ1v) is 19.5. The molecule has 0 aliphatic heterocycles. The Bertz CT molecular complexity index is 3060. The average Bonchev–Trinajstić information content (AvgIpc) is 3.80. The Balaban J connectivity index is 1.04. The van der Waals surface area contributed by atoms with Crippen LogP contribution in [0.25, 0.3) is 77.2 Å². The lowest BCUT2D eigenvalue weighted by Gasteiger charge is -2.26. The first kappa shape index (κ1) is 32.8. The lowest BCUT2D eigenvalue weighted by Crippen LogP contribution is -2.10. The smallest absolute Gasteiger partial charge is 0.0561 e. The van der Waals surface area contributed by atoms with E-state index in [-0.39, 0.29) is 0 Å². The molecule has 268 valence electrons. The molecule has 0 aliphatic carbocycles. The van der Waals surface area contributed by atoms with Gasteiger partial charge in [-0.05, 0) is 101 Å². The fourth-order valence-electron chi connectivity index (χ4n) is 8.64. The summed E-state index contributed by atoms with van der Waals surface area (Å²) in [5, 5.41) is 5.00. The van der Waals surface area contributed by atoms with E-state index in [0.29, 0.717) is 0 Å². The normalized spacial score (nSPS) is 11.5. The highest BCUT2D eigenvalue weighted by Crippen LogP contribution is 2.40. The molecule has 9 aromatic carbocycles. The highest BCUT2D eigenvalue weighted by molar-refractivity contribution is 6.12. The van der Waals surface area contributed by atoms with Crippen molar-refractivity contribution in [2.24, 2.45) is 0 Å². The van der Waals surface area contributed by atoms with Crippen LogP contribution in [0.15, 0.2) is 224 Å². The molecule has 3 heteroatoms. The van der Waals surface area contributed by atoms with E-state index in [1.807, 2.05) is 0 Å². The SMILES string of the molecule is c1ccc(-c2ccc(N(c3ccc(-c4ccccc4)cc3)c3ccc(-n4c5ccccc5c5ccc(-n6c7ccccc7c7ccccc76)cc54)cc3)cc2)cc1. The van der Waals surface area contributed by atoms with Crippen molar-refractivity contribution in [1.29, 1.82) is 0 Å². The van der Waals surface area contributed by atoms with E-state index in [1.54, 1.807) is 0 Å². The van der Waals surface area contributed by atoms with Crippen molar-refractivity contribution < 1.29 is 0 Å². The highest BCUT2D eigenvalue weighted by atomic mass is 15.1. The third-order valence-corrected chi connectivity index (χ3v) is 11.3. The van der Waals surface area contributed by atoms with Crippen molar-refractivity contribution in [2.75, 3.05) is 4.90 Å². The molecule has 11 rings (SSSR count). The number of hydrogen-bond acceptors (Lipinski definition) is 1. The van der Waals surface area contributed by atoms with E-state index in [1.165, 1.54) is 65.9 Å². The summed E-state index contributed by atoms with van der Waals surface area (Å²) in [6.07, 6.45) is 0. The van der Waals surface area contributed by atoms with Crippen LogP contribution < -0.4 is 4.90 Å². The maximum absolute atomic E-state index is 2.42. The van der Waals surface area contributed by atoms with Gasteiger partial charge in [0.25, 0.3) is 0 Å². The van der Waals surface area contributed by atoms with Gasteiger partial charge in [0.15, 0.2) is 0 Å². The molecule has 11 aromatic rings. The van der Waals surface area contributed by atoms with Crippen LogP contribution in [-0.4, -0.2) is 9.13 Å². The molecular weight excluding hydrogens is 691 g/mol. The van der Waals surface area contributed by atoms with Crippen molar-refractivity contribution in [3.05, 3.63) is 224 Å². The number of para-hydroxylation sites is 3. The second kappa shape index (κ2) is 13.6. The Hall–Kier alpha value is -7.62. The third kappa shape index (κ3) is 5.60. The van der Waals surface area contributed by atoms with Gasteiger partial charge in [0.1, 0.15) is 0 Å². The zero-order valence-electron chi connectivity index (χ0n) is 31.2. The molecule has 0 bridgehead atoms. The van der Waals surface area contributed by atoms with Gasteiger partial charge in [-0.2, -0.15) is 0 Å². The van der Waals surface area contributed by atoms with Gasteiger partial charge < -0.3 is 14.0 Å². The molecule has 0 saturated heterocycles. The molecule has 2 heterocycles. The number of benzene rings is 9. The molecule has 0 unspecified atom stereocenters. The largest absolute Gasteiger partial charge is 0.311 e. The molecule has 2 aromatic heterocycles. The summed E-state index contributed by atoms with van der Waals surface area (Å²) in [6, 6.07) is 81.0. The maximum atomic E-state index is 2.42. The summed E-state index contributed by atoms with van der Waals surface area (Å²) in [7, 11) is 0. The summed E-state index contributed by atoms with van der Waals surface area (Å²) in [6.45, 7) is 0. The van der Waals surface area contributed by atoms with Crippen molar-refractivity contribution >= 4 is 60.7 Å². The Morgan fingerprint density at radius 3 is 1.04 bits per heavy atom. The van der Waals surface area contributed by atoms with Crippen LogP contribution in [-0.2, 0) is 0 Å². The van der Waals surface area contributed by atoms with Crippen molar-refractivity contribution in [1.82, 2.24) is 9.13 Å². The number of hydrogen-bond donors (Lipinski definition) is 0. The van der Waals surface area contributed by atoms with Crippen LogP contribution in [0.1, 0.15) is 0 Å². The van der Waals surface area contributed by atoms with Crippen molar-refractivity contribution in [3.63, 3.8) is 0 Å². The van der Waals surface area contributed by atoms with Gasteiger partial charge in [-0.3, -0.25) is 0 Å². The van der Waals surface area contributed by atoms with Crippen LogP contribution in [0.5, 0.6) is 0 Å².